The minimum Gasteiger partial charge on any atom is -0.474 e. The van der Waals surface area contributed by atoms with Crippen molar-refractivity contribution in [2.24, 2.45) is 0 Å². The molecule has 1 aromatic carbocycles. The Morgan fingerprint density at radius 3 is 2.47 bits per heavy atom. The maximum Gasteiger partial charge on any atom is 0.410 e. The zero-order valence-corrected chi connectivity index (χ0v) is 19.9. The number of benzene rings is 1. The van der Waals surface area contributed by atoms with E-state index in [1.165, 1.54) is 32.6 Å². The molecule has 1 aliphatic rings. The van der Waals surface area contributed by atoms with Crippen LogP contribution in [0.15, 0.2) is 24.5 Å². The van der Waals surface area contributed by atoms with E-state index < -0.39 is 11.7 Å². The Labute approximate surface area is 197 Å². The van der Waals surface area contributed by atoms with Gasteiger partial charge in [-0.2, -0.15) is 0 Å². The number of halogens is 1. The van der Waals surface area contributed by atoms with E-state index >= 15 is 0 Å². The van der Waals surface area contributed by atoms with Crippen LogP contribution in [0.5, 0.6) is 17.5 Å². The van der Waals surface area contributed by atoms with E-state index in [0.717, 1.165) is 11.1 Å². The summed E-state index contributed by atoms with van der Waals surface area (Å²) in [5, 5.41) is 0.991. The number of amides is 2. The molecule has 11 heteroatoms. The number of rotatable bonds is 7. The van der Waals surface area contributed by atoms with Crippen LogP contribution < -0.4 is 9.47 Å². The summed E-state index contributed by atoms with van der Waals surface area (Å²) in [6.07, 6.45) is 1.86. The smallest absolute Gasteiger partial charge is 0.410 e. The van der Waals surface area contributed by atoms with Gasteiger partial charge in [-0.25, -0.2) is 24.2 Å². The molecular formula is C23H29FN4O6. The van der Waals surface area contributed by atoms with Crippen LogP contribution >= 0.6 is 0 Å². The van der Waals surface area contributed by atoms with Gasteiger partial charge >= 0.3 is 6.09 Å². The molecule has 1 fully saturated rings. The average Bonchev–Trinajstić information content (AvgIpc) is 2.81. The molecule has 1 aromatic heterocycles. The fraction of sp³-hybridized carbons (Fsp3) is 0.478. The van der Waals surface area contributed by atoms with Crippen molar-refractivity contribution in [1.82, 2.24) is 19.9 Å². The molecule has 1 saturated heterocycles. The number of hydroxylamine groups is 2. The molecule has 3 rings (SSSR count). The van der Waals surface area contributed by atoms with Crippen molar-refractivity contribution < 1.29 is 33.0 Å². The number of likely N-dealkylation sites (tertiary alicyclic amines) is 1. The zero-order valence-electron chi connectivity index (χ0n) is 19.9. The Balaban J connectivity index is 1.65. The molecule has 2 heterocycles. The second-order valence-corrected chi connectivity index (χ2v) is 8.08. The van der Waals surface area contributed by atoms with Gasteiger partial charge in [-0.1, -0.05) is 0 Å². The first-order valence-corrected chi connectivity index (χ1v) is 10.9. The van der Waals surface area contributed by atoms with Gasteiger partial charge in [0.15, 0.2) is 11.6 Å². The first-order chi connectivity index (χ1) is 16.2. The van der Waals surface area contributed by atoms with E-state index in [4.69, 9.17) is 19.0 Å². The highest BCUT2D eigenvalue weighted by Gasteiger charge is 2.26. The van der Waals surface area contributed by atoms with Gasteiger partial charge in [0.25, 0.3) is 5.91 Å². The summed E-state index contributed by atoms with van der Waals surface area (Å²) in [6, 6.07) is 3.85. The average molecular weight is 477 g/mol. The summed E-state index contributed by atoms with van der Waals surface area (Å²) >= 11 is 0. The Morgan fingerprint density at radius 1 is 1.18 bits per heavy atom. The highest BCUT2D eigenvalue weighted by atomic mass is 19.1. The number of piperidine rings is 1. The van der Waals surface area contributed by atoms with Gasteiger partial charge in [-0.05, 0) is 39.0 Å². The monoisotopic (exact) mass is 476 g/mol. The van der Waals surface area contributed by atoms with Crippen LogP contribution in [0.4, 0.5) is 9.18 Å². The molecule has 2 aromatic rings. The summed E-state index contributed by atoms with van der Waals surface area (Å²) in [4.78, 5) is 38.9. The van der Waals surface area contributed by atoms with Gasteiger partial charge in [-0.15, -0.1) is 0 Å². The molecule has 184 valence electrons. The maximum atomic E-state index is 14.6. The maximum absolute atomic E-state index is 14.6. The Bertz CT molecular complexity index is 1030. The van der Waals surface area contributed by atoms with Gasteiger partial charge in [0.1, 0.15) is 12.4 Å². The first-order valence-electron chi connectivity index (χ1n) is 10.9. The molecule has 0 radical (unpaired) electrons. The Morgan fingerprint density at radius 2 is 1.85 bits per heavy atom. The fourth-order valence-corrected chi connectivity index (χ4v) is 3.32. The SMILES string of the molecule is CON(C)C(=O)c1ccc(Oc2ncnc(OC3CCN(C(=O)OC(C)C)CC3)c2C)c(F)c1. The molecule has 0 bridgehead atoms. The van der Waals surface area contributed by atoms with Crippen molar-refractivity contribution >= 4 is 12.0 Å². The topological polar surface area (TPSA) is 103 Å². The lowest BCUT2D eigenvalue weighted by Crippen LogP contribution is -2.42. The van der Waals surface area contributed by atoms with E-state index in [0.29, 0.717) is 37.4 Å². The molecular weight excluding hydrogens is 447 g/mol. The number of aromatic nitrogens is 2. The van der Waals surface area contributed by atoms with E-state index in [1.54, 1.807) is 11.8 Å². The van der Waals surface area contributed by atoms with Gasteiger partial charge < -0.3 is 19.1 Å². The van der Waals surface area contributed by atoms with Crippen LogP contribution in [-0.2, 0) is 9.57 Å². The summed E-state index contributed by atoms with van der Waals surface area (Å²) < 4.78 is 31.5. The standard InChI is InChI=1S/C23H29FN4O6/c1-14(2)32-23(30)28-10-8-17(9-11-28)33-20-15(3)21(26-13-25-20)34-19-7-6-16(12-18(19)24)22(29)27(4)31-5/h6-7,12-14,17H,8-11H2,1-5H3. The number of hydrogen-bond acceptors (Lipinski definition) is 8. The predicted molar refractivity (Wildman–Crippen MR) is 119 cm³/mol. The van der Waals surface area contributed by atoms with Crippen molar-refractivity contribution in [2.45, 2.75) is 45.8 Å². The molecule has 10 nitrogen and oxygen atoms in total. The normalized spacial score (nSPS) is 14.1. The van der Waals surface area contributed by atoms with Crippen LogP contribution in [0.3, 0.4) is 0 Å². The number of hydrogen-bond donors (Lipinski definition) is 0. The van der Waals surface area contributed by atoms with Crippen LogP contribution in [-0.4, -0.2) is 71.4 Å². The zero-order chi connectivity index (χ0) is 24.8. The number of carbonyl (C=O) groups is 2. The fourth-order valence-electron chi connectivity index (χ4n) is 3.32. The molecule has 0 aliphatic carbocycles. The van der Waals surface area contributed by atoms with Crippen molar-refractivity contribution in [3.63, 3.8) is 0 Å². The van der Waals surface area contributed by atoms with Gasteiger partial charge in [0, 0.05) is 38.5 Å². The summed E-state index contributed by atoms with van der Waals surface area (Å²) in [7, 11) is 2.77. The van der Waals surface area contributed by atoms with E-state index in [-0.39, 0.29) is 35.5 Å². The summed E-state index contributed by atoms with van der Waals surface area (Å²) in [5.41, 5.74) is 0.615. The molecule has 0 unspecified atom stereocenters. The third-order valence-corrected chi connectivity index (χ3v) is 5.25. The van der Waals surface area contributed by atoms with Crippen LogP contribution in [0.1, 0.15) is 42.6 Å². The molecule has 0 spiro atoms. The van der Waals surface area contributed by atoms with Crippen molar-refractivity contribution in [3.8, 4) is 17.5 Å². The molecule has 34 heavy (non-hydrogen) atoms. The number of nitrogens with zero attached hydrogens (tertiary/aromatic N) is 4. The van der Waals surface area contributed by atoms with Crippen LogP contribution in [0.2, 0.25) is 0 Å². The molecule has 0 atom stereocenters. The lowest BCUT2D eigenvalue weighted by atomic mass is 10.1. The Hall–Kier alpha value is -3.47. The summed E-state index contributed by atoms with van der Waals surface area (Å²) in [5.74, 6) is -0.861. The quantitative estimate of drug-likeness (QED) is 0.557. The first kappa shape index (κ1) is 25.2. The van der Waals surface area contributed by atoms with Gasteiger partial charge in [0.05, 0.1) is 18.8 Å². The predicted octanol–water partition coefficient (Wildman–Crippen LogP) is 3.74. The third kappa shape index (κ3) is 6.10. The van der Waals surface area contributed by atoms with Gasteiger partial charge in [0.2, 0.25) is 11.8 Å². The molecule has 0 saturated carbocycles. The minimum atomic E-state index is -0.725. The molecule has 2 amide bonds. The highest BCUT2D eigenvalue weighted by molar-refractivity contribution is 5.93. The molecule has 0 N–H and O–H groups in total. The van der Waals surface area contributed by atoms with Crippen LogP contribution in [0, 0.1) is 12.7 Å². The lowest BCUT2D eigenvalue weighted by Gasteiger charge is -2.31. The largest absolute Gasteiger partial charge is 0.474 e. The second kappa shape index (κ2) is 11.1. The van der Waals surface area contributed by atoms with Gasteiger partial charge in [-0.3, -0.25) is 9.63 Å². The van der Waals surface area contributed by atoms with Crippen LogP contribution in [0.25, 0.3) is 0 Å². The van der Waals surface area contributed by atoms with E-state index in [9.17, 15) is 14.0 Å². The number of ether oxygens (including phenoxy) is 3. The number of carbonyl (C=O) groups excluding carboxylic acids is 2. The molecule has 1 aliphatic heterocycles. The van der Waals surface area contributed by atoms with E-state index in [2.05, 4.69) is 9.97 Å². The van der Waals surface area contributed by atoms with Crippen molar-refractivity contribution in [3.05, 3.63) is 41.5 Å². The minimum absolute atomic E-state index is 0.0960. The highest BCUT2D eigenvalue weighted by Crippen LogP contribution is 2.31. The summed E-state index contributed by atoms with van der Waals surface area (Å²) in [6.45, 7) is 6.36. The lowest BCUT2D eigenvalue weighted by molar-refractivity contribution is -0.0757. The van der Waals surface area contributed by atoms with Crippen molar-refractivity contribution in [2.75, 3.05) is 27.2 Å². The van der Waals surface area contributed by atoms with E-state index in [1.807, 2.05) is 13.8 Å². The third-order valence-electron chi connectivity index (χ3n) is 5.25. The Kier molecular flexibility index (Phi) is 8.21. The van der Waals surface area contributed by atoms with Crippen molar-refractivity contribution in [1.29, 1.82) is 0 Å². The second-order valence-electron chi connectivity index (χ2n) is 8.08.